The van der Waals surface area contributed by atoms with Crippen LogP contribution in [0.4, 0.5) is 0 Å². The summed E-state index contributed by atoms with van der Waals surface area (Å²) in [6.07, 6.45) is 4.51. The van der Waals surface area contributed by atoms with Gasteiger partial charge >= 0.3 is 0 Å². The van der Waals surface area contributed by atoms with Crippen molar-refractivity contribution in [1.82, 2.24) is 24.6 Å². The van der Waals surface area contributed by atoms with Gasteiger partial charge in [-0.1, -0.05) is 6.92 Å². The Morgan fingerprint density at radius 3 is 3.00 bits per heavy atom. The fourth-order valence-corrected chi connectivity index (χ4v) is 3.03. The van der Waals surface area contributed by atoms with Crippen LogP contribution >= 0.6 is 0 Å². The first-order valence-electron chi connectivity index (χ1n) is 8.05. The molecule has 6 heteroatoms. The average Bonchev–Trinajstić information content (AvgIpc) is 2.95. The molecule has 0 fully saturated rings. The summed E-state index contributed by atoms with van der Waals surface area (Å²) >= 11 is 0. The molecule has 3 rings (SSSR count). The molecule has 0 amide bonds. The van der Waals surface area contributed by atoms with Crippen LogP contribution in [0.1, 0.15) is 43.0 Å². The van der Waals surface area contributed by atoms with E-state index >= 15 is 0 Å². The summed E-state index contributed by atoms with van der Waals surface area (Å²) in [7, 11) is 0. The van der Waals surface area contributed by atoms with Gasteiger partial charge in [-0.2, -0.15) is 5.10 Å². The first kappa shape index (κ1) is 15.0. The lowest BCUT2D eigenvalue weighted by molar-refractivity contribution is 0.234. The van der Waals surface area contributed by atoms with Crippen molar-refractivity contribution in [3.05, 3.63) is 45.4 Å². The molecule has 118 valence electrons. The molecule has 1 aliphatic rings. The average molecular weight is 301 g/mol. The normalized spacial score (nSPS) is 15.0. The number of nitrogens with one attached hydrogen (secondary N) is 1. The molecule has 1 N–H and O–H groups in total. The second-order valence-corrected chi connectivity index (χ2v) is 5.79. The summed E-state index contributed by atoms with van der Waals surface area (Å²) in [6.45, 7) is 7.48. The van der Waals surface area contributed by atoms with Crippen molar-refractivity contribution in [3.63, 3.8) is 0 Å². The molecular formula is C16H23N5O. The van der Waals surface area contributed by atoms with E-state index in [0.29, 0.717) is 6.54 Å². The summed E-state index contributed by atoms with van der Waals surface area (Å²) in [5.74, 6) is 0.823. The van der Waals surface area contributed by atoms with Gasteiger partial charge in [-0.25, -0.2) is 4.98 Å². The fraction of sp³-hybridized carbons (Fsp3) is 0.562. The van der Waals surface area contributed by atoms with E-state index in [-0.39, 0.29) is 5.56 Å². The third kappa shape index (κ3) is 2.97. The van der Waals surface area contributed by atoms with Gasteiger partial charge in [-0.05, 0) is 19.4 Å². The molecule has 2 aromatic heterocycles. The SMILES string of the molecule is CCCc1nc2c(c(=O)[nH]1)CN(Cc1ccnn1CC)CC2. The van der Waals surface area contributed by atoms with Crippen molar-refractivity contribution in [2.45, 2.75) is 52.7 Å². The highest BCUT2D eigenvalue weighted by Crippen LogP contribution is 2.16. The zero-order chi connectivity index (χ0) is 15.5. The lowest BCUT2D eigenvalue weighted by Gasteiger charge is -2.27. The Balaban J connectivity index is 1.78. The highest BCUT2D eigenvalue weighted by Gasteiger charge is 2.21. The monoisotopic (exact) mass is 301 g/mol. The maximum absolute atomic E-state index is 12.3. The number of H-pyrrole nitrogens is 1. The minimum atomic E-state index is 0.0298. The second-order valence-electron chi connectivity index (χ2n) is 5.79. The standard InChI is InChI=1S/C16H23N5O/c1-3-5-15-18-14-7-9-20(11-13(14)16(22)19-15)10-12-6-8-17-21(12)4-2/h6,8H,3-5,7,9-11H2,1-2H3,(H,18,19,22). The Labute approximate surface area is 130 Å². The maximum Gasteiger partial charge on any atom is 0.255 e. The van der Waals surface area contributed by atoms with E-state index in [1.807, 2.05) is 16.9 Å². The van der Waals surface area contributed by atoms with Crippen LogP contribution < -0.4 is 5.56 Å². The number of hydrogen-bond donors (Lipinski definition) is 1. The molecule has 0 saturated carbocycles. The molecule has 6 nitrogen and oxygen atoms in total. The van der Waals surface area contributed by atoms with Crippen LogP contribution in [-0.4, -0.2) is 31.2 Å². The van der Waals surface area contributed by atoms with Crippen molar-refractivity contribution in [1.29, 1.82) is 0 Å². The summed E-state index contributed by atoms with van der Waals surface area (Å²) in [6, 6.07) is 2.05. The third-order valence-electron chi connectivity index (χ3n) is 4.17. The van der Waals surface area contributed by atoms with Crippen molar-refractivity contribution in [2.75, 3.05) is 6.54 Å². The molecule has 0 spiro atoms. The Morgan fingerprint density at radius 2 is 2.23 bits per heavy atom. The first-order valence-corrected chi connectivity index (χ1v) is 8.05. The van der Waals surface area contributed by atoms with Crippen LogP contribution in [0.2, 0.25) is 0 Å². The number of aryl methyl sites for hydroxylation is 2. The van der Waals surface area contributed by atoms with Crippen LogP contribution in [0.25, 0.3) is 0 Å². The lowest BCUT2D eigenvalue weighted by Crippen LogP contribution is -2.36. The Hall–Kier alpha value is -1.95. The molecule has 0 saturated heterocycles. The van der Waals surface area contributed by atoms with Crippen molar-refractivity contribution < 1.29 is 0 Å². The van der Waals surface area contributed by atoms with Crippen molar-refractivity contribution in [3.8, 4) is 0 Å². The van der Waals surface area contributed by atoms with Crippen LogP contribution in [-0.2, 0) is 32.5 Å². The number of aromatic nitrogens is 4. The molecule has 0 radical (unpaired) electrons. The van der Waals surface area contributed by atoms with Gasteiger partial charge in [0.15, 0.2) is 0 Å². The quantitative estimate of drug-likeness (QED) is 0.909. The number of nitrogens with zero attached hydrogens (tertiary/aromatic N) is 4. The molecule has 0 bridgehead atoms. The zero-order valence-electron chi connectivity index (χ0n) is 13.3. The van der Waals surface area contributed by atoms with E-state index in [1.54, 1.807) is 0 Å². The van der Waals surface area contributed by atoms with E-state index < -0.39 is 0 Å². The summed E-state index contributed by atoms with van der Waals surface area (Å²) in [5.41, 5.74) is 3.03. The smallest absolute Gasteiger partial charge is 0.255 e. The Bertz CT molecular complexity index is 703. The van der Waals surface area contributed by atoms with Crippen LogP contribution in [0.15, 0.2) is 17.1 Å². The van der Waals surface area contributed by atoms with E-state index in [0.717, 1.165) is 56.0 Å². The highest BCUT2D eigenvalue weighted by atomic mass is 16.1. The number of fused-ring (bicyclic) bond motifs is 1. The van der Waals surface area contributed by atoms with Gasteiger partial charge in [-0.3, -0.25) is 14.4 Å². The molecule has 0 aliphatic carbocycles. The predicted octanol–water partition coefficient (Wildman–Crippen LogP) is 1.50. The number of hydrogen-bond acceptors (Lipinski definition) is 4. The van der Waals surface area contributed by atoms with E-state index in [4.69, 9.17) is 0 Å². The van der Waals surface area contributed by atoms with E-state index in [1.165, 1.54) is 5.69 Å². The van der Waals surface area contributed by atoms with Crippen molar-refractivity contribution >= 4 is 0 Å². The zero-order valence-corrected chi connectivity index (χ0v) is 13.3. The third-order valence-corrected chi connectivity index (χ3v) is 4.17. The molecule has 22 heavy (non-hydrogen) atoms. The van der Waals surface area contributed by atoms with Crippen LogP contribution in [0.3, 0.4) is 0 Å². The minimum Gasteiger partial charge on any atom is -0.310 e. The Morgan fingerprint density at radius 1 is 1.36 bits per heavy atom. The van der Waals surface area contributed by atoms with Gasteiger partial charge in [0.05, 0.1) is 17.0 Å². The lowest BCUT2D eigenvalue weighted by atomic mass is 10.1. The molecular weight excluding hydrogens is 278 g/mol. The second kappa shape index (κ2) is 6.44. The topological polar surface area (TPSA) is 66.8 Å². The van der Waals surface area contributed by atoms with Gasteiger partial charge in [0.2, 0.25) is 0 Å². The minimum absolute atomic E-state index is 0.0298. The van der Waals surface area contributed by atoms with Gasteiger partial charge in [0.25, 0.3) is 5.56 Å². The number of rotatable bonds is 5. The molecule has 0 unspecified atom stereocenters. The van der Waals surface area contributed by atoms with Gasteiger partial charge < -0.3 is 4.98 Å². The number of aromatic amines is 1. The van der Waals surface area contributed by atoms with Crippen molar-refractivity contribution in [2.24, 2.45) is 0 Å². The van der Waals surface area contributed by atoms with Gasteiger partial charge in [-0.15, -0.1) is 0 Å². The van der Waals surface area contributed by atoms with Gasteiger partial charge in [0, 0.05) is 45.2 Å². The molecule has 0 aromatic carbocycles. The van der Waals surface area contributed by atoms with Crippen LogP contribution in [0, 0.1) is 0 Å². The highest BCUT2D eigenvalue weighted by molar-refractivity contribution is 5.21. The summed E-state index contributed by atoms with van der Waals surface area (Å²) in [4.78, 5) is 22.1. The predicted molar refractivity (Wildman–Crippen MR) is 84.6 cm³/mol. The van der Waals surface area contributed by atoms with E-state index in [2.05, 4.69) is 33.8 Å². The van der Waals surface area contributed by atoms with Gasteiger partial charge in [0.1, 0.15) is 5.82 Å². The Kier molecular flexibility index (Phi) is 4.38. The fourth-order valence-electron chi connectivity index (χ4n) is 3.03. The first-order chi connectivity index (χ1) is 10.7. The molecule has 0 atom stereocenters. The van der Waals surface area contributed by atoms with E-state index in [9.17, 15) is 4.79 Å². The molecule has 3 heterocycles. The summed E-state index contributed by atoms with van der Waals surface area (Å²) in [5, 5.41) is 4.30. The summed E-state index contributed by atoms with van der Waals surface area (Å²) < 4.78 is 2.00. The molecule has 1 aliphatic heterocycles. The largest absolute Gasteiger partial charge is 0.310 e. The van der Waals surface area contributed by atoms with Crippen LogP contribution in [0.5, 0.6) is 0 Å². The maximum atomic E-state index is 12.3. The molecule has 2 aromatic rings.